The topological polar surface area (TPSA) is 81.8 Å². The first-order chi connectivity index (χ1) is 13.6. The second-order valence-corrected chi connectivity index (χ2v) is 5.91. The lowest BCUT2D eigenvalue weighted by atomic mass is 10.2. The Morgan fingerprint density at radius 3 is 2.57 bits per heavy atom. The van der Waals surface area contributed by atoms with Crippen LogP contribution < -0.4 is 11.0 Å². The van der Waals surface area contributed by atoms with E-state index in [1.165, 1.54) is 47.5 Å². The molecule has 0 aliphatic carbocycles. The van der Waals surface area contributed by atoms with Crippen LogP contribution in [-0.4, -0.2) is 25.3 Å². The van der Waals surface area contributed by atoms with Crippen molar-refractivity contribution in [2.45, 2.75) is 0 Å². The predicted molar refractivity (Wildman–Crippen MR) is 103 cm³/mol. The lowest BCUT2D eigenvalue weighted by molar-refractivity contribution is -0.112. The van der Waals surface area contributed by atoms with Gasteiger partial charge in [-0.1, -0.05) is 30.3 Å². The fraction of sp³-hybridized carbons (Fsp3) is 0. The fourth-order valence-electron chi connectivity index (χ4n) is 2.65. The molecule has 0 unspecified atom stereocenters. The number of hydrogen-bond donors (Lipinski definition) is 1. The first-order valence-electron chi connectivity index (χ1n) is 8.37. The van der Waals surface area contributed by atoms with E-state index < -0.39 is 11.5 Å². The van der Waals surface area contributed by atoms with Crippen LogP contribution in [0.1, 0.15) is 5.56 Å². The molecule has 2 aromatic heterocycles. The van der Waals surface area contributed by atoms with Gasteiger partial charge in [-0.05, 0) is 35.9 Å². The largest absolute Gasteiger partial charge is 0.283 e. The summed E-state index contributed by atoms with van der Waals surface area (Å²) in [5.74, 6) is -0.847. The number of carbonyl (C=O) groups is 1. The SMILES string of the molecule is O=C(/C=C/c1ccccc1)Nn1cnc2c(cnn2-c2ccc(F)cc2)c1=O. The molecule has 138 valence electrons. The molecule has 28 heavy (non-hydrogen) atoms. The summed E-state index contributed by atoms with van der Waals surface area (Å²) in [4.78, 5) is 28.9. The maximum Gasteiger partial charge on any atom is 0.283 e. The minimum atomic E-state index is -0.474. The van der Waals surface area contributed by atoms with E-state index in [1.54, 1.807) is 6.08 Å². The van der Waals surface area contributed by atoms with E-state index >= 15 is 0 Å². The Hall–Kier alpha value is -4.07. The van der Waals surface area contributed by atoms with Crippen LogP contribution in [0, 0.1) is 5.82 Å². The smallest absolute Gasteiger partial charge is 0.268 e. The second-order valence-electron chi connectivity index (χ2n) is 5.91. The minimum absolute atomic E-state index is 0.221. The van der Waals surface area contributed by atoms with Crippen molar-refractivity contribution in [1.29, 1.82) is 0 Å². The molecule has 0 saturated heterocycles. The third kappa shape index (κ3) is 3.43. The van der Waals surface area contributed by atoms with E-state index in [9.17, 15) is 14.0 Å². The van der Waals surface area contributed by atoms with E-state index in [2.05, 4.69) is 15.5 Å². The number of amides is 1. The molecule has 2 heterocycles. The number of nitrogens with one attached hydrogen (secondary N) is 1. The Kier molecular flexibility index (Phi) is 4.51. The summed E-state index contributed by atoms with van der Waals surface area (Å²) in [5, 5.41) is 4.37. The van der Waals surface area contributed by atoms with Crippen LogP contribution in [0.3, 0.4) is 0 Å². The molecule has 1 amide bonds. The molecule has 0 aliphatic rings. The molecule has 0 aliphatic heterocycles. The number of halogens is 1. The average molecular weight is 375 g/mol. The average Bonchev–Trinajstić information content (AvgIpc) is 3.15. The van der Waals surface area contributed by atoms with Gasteiger partial charge in [-0.15, -0.1) is 0 Å². The van der Waals surface area contributed by atoms with Gasteiger partial charge in [0.1, 0.15) is 17.5 Å². The quantitative estimate of drug-likeness (QED) is 0.556. The van der Waals surface area contributed by atoms with Gasteiger partial charge in [0.05, 0.1) is 11.9 Å². The Labute approximate surface area is 158 Å². The van der Waals surface area contributed by atoms with Crippen LogP contribution in [0.5, 0.6) is 0 Å². The zero-order valence-corrected chi connectivity index (χ0v) is 14.5. The normalized spacial score (nSPS) is 11.2. The Bertz CT molecular complexity index is 1230. The molecule has 0 spiro atoms. The first-order valence-corrected chi connectivity index (χ1v) is 8.37. The van der Waals surface area contributed by atoms with Crippen molar-refractivity contribution in [2.75, 3.05) is 5.43 Å². The lowest BCUT2D eigenvalue weighted by Gasteiger charge is -2.06. The summed E-state index contributed by atoms with van der Waals surface area (Å²) >= 11 is 0. The van der Waals surface area contributed by atoms with Crippen molar-refractivity contribution >= 4 is 23.0 Å². The highest BCUT2D eigenvalue weighted by molar-refractivity contribution is 5.97. The summed E-state index contributed by atoms with van der Waals surface area (Å²) < 4.78 is 15.5. The lowest BCUT2D eigenvalue weighted by Crippen LogP contribution is -2.32. The highest BCUT2D eigenvalue weighted by atomic mass is 19.1. The Morgan fingerprint density at radius 1 is 1.07 bits per heavy atom. The van der Waals surface area contributed by atoms with Crippen LogP contribution in [0.25, 0.3) is 22.8 Å². The van der Waals surface area contributed by atoms with Gasteiger partial charge in [0.15, 0.2) is 5.65 Å². The predicted octanol–water partition coefficient (Wildman–Crippen LogP) is 2.50. The number of hydrogen-bond acceptors (Lipinski definition) is 4. The number of fused-ring (bicyclic) bond motifs is 1. The van der Waals surface area contributed by atoms with Crippen LogP contribution in [0.4, 0.5) is 4.39 Å². The number of aromatic nitrogens is 4. The van der Waals surface area contributed by atoms with Crippen molar-refractivity contribution in [1.82, 2.24) is 19.4 Å². The Morgan fingerprint density at radius 2 is 1.82 bits per heavy atom. The number of nitrogens with zero attached hydrogens (tertiary/aromatic N) is 4. The highest BCUT2D eigenvalue weighted by Gasteiger charge is 2.12. The van der Waals surface area contributed by atoms with Gasteiger partial charge in [-0.25, -0.2) is 18.7 Å². The van der Waals surface area contributed by atoms with Gasteiger partial charge in [-0.2, -0.15) is 5.10 Å². The standard InChI is InChI=1S/C20H14FN5O2/c21-15-7-9-16(10-8-15)26-19-17(12-23-26)20(28)25(13-22-19)24-18(27)11-6-14-4-2-1-3-5-14/h1-13H,(H,24,27)/b11-6+. The zero-order valence-electron chi connectivity index (χ0n) is 14.5. The van der Waals surface area contributed by atoms with Crippen LogP contribution in [-0.2, 0) is 4.79 Å². The molecule has 8 heteroatoms. The zero-order chi connectivity index (χ0) is 19.5. The molecule has 0 fully saturated rings. The number of benzene rings is 2. The van der Waals surface area contributed by atoms with Gasteiger partial charge in [0, 0.05) is 6.08 Å². The molecular formula is C20H14FN5O2. The van der Waals surface area contributed by atoms with Crippen molar-refractivity contribution in [2.24, 2.45) is 0 Å². The van der Waals surface area contributed by atoms with Gasteiger partial charge >= 0.3 is 0 Å². The van der Waals surface area contributed by atoms with Gasteiger partial charge in [-0.3, -0.25) is 15.0 Å². The molecule has 0 radical (unpaired) electrons. The molecule has 0 saturated carbocycles. The van der Waals surface area contributed by atoms with Crippen LogP contribution in [0.15, 0.2) is 78.0 Å². The van der Waals surface area contributed by atoms with Crippen molar-refractivity contribution in [3.05, 3.63) is 94.9 Å². The van der Waals surface area contributed by atoms with Crippen LogP contribution >= 0.6 is 0 Å². The number of carbonyl (C=O) groups excluding carboxylic acids is 1. The molecule has 0 bridgehead atoms. The minimum Gasteiger partial charge on any atom is -0.268 e. The molecule has 1 N–H and O–H groups in total. The van der Waals surface area contributed by atoms with Crippen LogP contribution in [0.2, 0.25) is 0 Å². The van der Waals surface area contributed by atoms with Gasteiger partial charge in [0.2, 0.25) is 0 Å². The molecule has 4 aromatic rings. The van der Waals surface area contributed by atoms with Gasteiger partial charge < -0.3 is 0 Å². The summed E-state index contributed by atoms with van der Waals surface area (Å²) in [6.45, 7) is 0. The molecule has 2 aromatic carbocycles. The fourth-order valence-corrected chi connectivity index (χ4v) is 2.65. The molecule has 4 rings (SSSR count). The van der Waals surface area contributed by atoms with Crippen molar-refractivity contribution in [3.8, 4) is 5.69 Å². The maximum atomic E-state index is 13.1. The summed E-state index contributed by atoms with van der Waals surface area (Å²) in [5.41, 5.74) is 3.72. The molecule has 7 nitrogen and oxygen atoms in total. The van der Waals surface area contributed by atoms with E-state index in [1.807, 2.05) is 30.3 Å². The maximum absolute atomic E-state index is 13.1. The monoisotopic (exact) mass is 375 g/mol. The Balaban J connectivity index is 1.60. The van der Waals surface area contributed by atoms with E-state index in [4.69, 9.17) is 0 Å². The van der Waals surface area contributed by atoms with Gasteiger partial charge in [0.25, 0.3) is 11.5 Å². The van der Waals surface area contributed by atoms with Crippen molar-refractivity contribution < 1.29 is 9.18 Å². The molecule has 0 atom stereocenters. The highest BCUT2D eigenvalue weighted by Crippen LogP contribution is 2.13. The van der Waals surface area contributed by atoms with E-state index in [0.29, 0.717) is 11.3 Å². The second kappa shape index (κ2) is 7.28. The summed E-state index contributed by atoms with van der Waals surface area (Å²) in [7, 11) is 0. The van der Waals surface area contributed by atoms with E-state index in [0.717, 1.165) is 10.2 Å². The first kappa shape index (κ1) is 17.3. The summed E-state index contributed by atoms with van der Waals surface area (Å²) in [6, 6.07) is 15.0. The molecular weight excluding hydrogens is 361 g/mol. The summed E-state index contributed by atoms with van der Waals surface area (Å²) in [6.07, 6.45) is 5.53. The third-order valence-electron chi connectivity index (χ3n) is 4.02. The third-order valence-corrected chi connectivity index (χ3v) is 4.02. The van der Waals surface area contributed by atoms with Crippen molar-refractivity contribution in [3.63, 3.8) is 0 Å². The van der Waals surface area contributed by atoms with E-state index in [-0.39, 0.29) is 11.2 Å². The number of rotatable bonds is 4.